The summed E-state index contributed by atoms with van der Waals surface area (Å²) in [6, 6.07) is 10.6. The minimum Gasteiger partial charge on any atom is -0.410 e. The summed E-state index contributed by atoms with van der Waals surface area (Å²) in [5.74, 6) is 0. The molecule has 0 fully saturated rings. The molecule has 0 N–H and O–H groups in total. The lowest BCUT2D eigenvalue weighted by Gasteiger charge is -2.41. The van der Waals surface area contributed by atoms with Gasteiger partial charge in [-0.05, 0) is 35.0 Å². The summed E-state index contributed by atoms with van der Waals surface area (Å²) in [6.07, 6.45) is 4.18. The Labute approximate surface area is 160 Å². The molecule has 0 spiro atoms. The second kappa shape index (κ2) is 9.47. The van der Waals surface area contributed by atoms with Crippen molar-refractivity contribution in [2.45, 2.75) is 84.2 Å². The lowest BCUT2D eigenvalue weighted by Crippen LogP contribution is -2.47. The van der Waals surface area contributed by atoms with Crippen LogP contribution in [-0.2, 0) is 24.0 Å². The van der Waals surface area contributed by atoms with Crippen LogP contribution in [0.4, 0.5) is 0 Å². The minimum atomic E-state index is -1.85. The van der Waals surface area contributed by atoms with Gasteiger partial charge in [0.2, 0.25) is 8.32 Å². The van der Waals surface area contributed by atoms with Crippen molar-refractivity contribution in [1.82, 2.24) is 15.0 Å². The topological polar surface area (TPSA) is 39.9 Å². The maximum atomic E-state index is 6.61. The van der Waals surface area contributed by atoms with Crippen molar-refractivity contribution < 1.29 is 4.43 Å². The SMILES string of the molecule is CC(C)[Si](OCc1cn(CCCc2ccccc2)nn1)(C(C)C)C(C)C. The van der Waals surface area contributed by atoms with Crippen LogP contribution in [0.2, 0.25) is 16.6 Å². The summed E-state index contributed by atoms with van der Waals surface area (Å²) in [7, 11) is -1.85. The van der Waals surface area contributed by atoms with Gasteiger partial charge in [0, 0.05) is 6.54 Å². The molecular weight excluding hydrogens is 338 g/mol. The Kier molecular flexibility index (Phi) is 7.59. The highest BCUT2D eigenvalue weighted by atomic mass is 28.4. The third-order valence-electron chi connectivity index (χ3n) is 5.46. The van der Waals surface area contributed by atoms with Crippen LogP contribution in [0.5, 0.6) is 0 Å². The maximum Gasteiger partial charge on any atom is 0.200 e. The molecule has 0 radical (unpaired) electrons. The molecule has 1 heterocycles. The Bertz CT molecular complexity index is 631. The molecule has 1 aromatic heterocycles. The van der Waals surface area contributed by atoms with Gasteiger partial charge in [0.1, 0.15) is 5.69 Å². The van der Waals surface area contributed by atoms with Crippen molar-refractivity contribution in [2.24, 2.45) is 0 Å². The number of rotatable bonds is 10. The molecule has 4 nitrogen and oxygen atoms in total. The molecule has 0 amide bonds. The molecule has 0 saturated heterocycles. The fourth-order valence-electron chi connectivity index (χ4n) is 4.30. The van der Waals surface area contributed by atoms with Gasteiger partial charge in [0.25, 0.3) is 0 Å². The molecule has 0 bridgehead atoms. The van der Waals surface area contributed by atoms with E-state index in [4.69, 9.17) is 4.43 Å². The zero-order valence-electron chi connectivity index (χ0n) is 17.3. The van der Waals surface area contributed by atoms with E-state index in [-0.39, 0.29) is 0 Å². The molecular formula is C21H35N3OSi. The Morgan fingerprint density at radius 3 is 2.15 bits per heavy atom. The van der Waals surface area contributed by atoms with E-state index in [1.54, 1.807) is 0 Å². The van der Waals surface area contributed by atoms with Crippen molar-refractivity contribution in [2.75, 3.05) is 0 Å². The lowest BCUT2D eigenvalue weighted by molar-refractivity contribution is 0.261. The number of hydrogen-bond acceptors (Lipinski definition) is 3. The Balaban J connectivity index is 1.90. The van der Waals surface area contributed by atoms with E-state index in [9.17, 15) is 0 Å². The largest absolute Gasteiger partial charge is 0.410 e. The maximum absolute atomic E-state index is 6.61. The van der Waals surface area contributed by atoms with Crippen LogP contribution >= 0.6 is 0 Å². The highest BCUT2D eigenvalue weighted by molar-refractivity contribution is 6.77. The predicted molar refractivity (Wildman–Crippen MR) is 111 cm³/mol. The average molecular weight is 374 g/mol. The number of benzene rings is 1. The number of aryl methyl sites for hydroxylation is 2. The first-order valence-electron chi connectivity index (χ1n) is 9.93. The van der Waals surface area contributed by atoms with Crippen LogP contribution in [0.25, 0.3) is 0 Å². The molecule has 26 heavy (non-hydrogen) atoms. The van der Waals surface area contributed by atoms with Crippen LogP contribution < -0.4 is 0 Å². The second-order valence-electron chi connectivity index (χ2n) is 8.17. The zero-order chi connectivity index (χ0) is 19.2. The Hall–Kier alpha value is -1.46. The van der Waals surface area contributed by atoms with Gasteiger partial charge >= 0.3 is 0 Å². The molecule has 0 aliphatic carbocycles. The van der Waals surface area contributed by atoms with Gasteiger partial charge in [-0.2, -0.15) is 0 Å². The van der Waals surface area contributed by atoms with Gasteiger partial charge in [-0.3, -0.25) is 4.68 Å². The molecule has 2 aromatic rings. The molecule has 0 aliphatic rings. The third-order valence-corrected chi connectivity index (χ3v) is 11.5. The molecule has 2 rings (SSSR count). The van der Waals surface area contributed by atoms with Gasteiger partial charge in [-0.1, -0.05) is 77.1 Å². The van der Waals surface area contributed by atoms with E-state index in [1.165, 1.54) is 5.56 Å². The van der Waals surface area contributed by atoms with Gasteiger partial charge in [-0.15, -0.1) is 5.10 Å². The van der Waals surface area contributed by atoms with Gasteiger partial charge in [0.05, 0.1) is 12.8 Å². The van der Waals surface area contributed by atoms with E-state index >= 15 is 0 Å². The summed E-state index contributed by atoms with van der Waals surface area (Å²) in [6.45, 7) is 15.3. The summed E-state index contributed by atoms with van der Waals surface area (Å²) in [5, 5.41) is 8.62. The zero-order valence-corrected chi connectivity index (χ0v) is 18.3. The Morgan fingerprint density at radius 1 is 0.962 bits per heavy atom. The molecule has 0 atom stereocenters. The van der Waals surface area contributed by atoms with Crippen molar-refractivity contribution in [3.05, 3.63) is 47.8 Å². The van der Waals surface area contributed by atoms with Crippen LogP contribution in [0.3, 0.4) is 0 Å². The standard InChI is InChI=1S/C21H35N3OSi/c1-17(2)26(18(3)4,19(5)6)25-16-21-15-24(23-22-21)14-10-13-20-11-8-7-9-12-20/h7-9,11-12,15,17-19H,10,13-14,16H2,1-6H3. The van der Waals surface area contributed by atoms with E-state index < -0.39 is 8.32 Å². The first-order valence-corrected chi connectivity index (χ1v) is 12.1. The smallest absolute Gasteiger partial charge is 0.200 e. The lowest BCUT2D eigenvalue weighted by atomic mass is 10.1. The van der Waals surface area contributed by atoms with Gasteiger partial charge in [-0.25, -0.2) is 0 Å². The van der Waals surface area contributed by atoms with E-state index in [0.717, 1.165) is 25.1 Å². The minimum absolute atomic E-state index is 0.583. The highest BCUT2D eigenvalue weighted by Crippen LogP contribution is 2.42. The number of hydrogen-bond donors (Lipinski definition) is 0. The molecule has 0 unspecified atom stereocenters. The average Bonchev–Trinajstić information content (AvgIpc) is 3.03. The molecule has 0 saturated carbocycles. The summed E-state index contributed by atoms with van der Waals surface area (Å²) in [4.78, 5) is 0. The quantitative estimate of drug-likeness (QED) is 0.509. The fourth-order valence-corrected chi connectivity index (χ4v) is 9.70. The molecule has 1 aromatic carbocycles. The summed E-state index contributed by atoms with van der Waals surface area (Å²) in [5.41, 5.74) is 4.08. The Morgan fingerprint density at radius 2 is 1.58 bits per heavy atom. The molecule has 144 valence electrons. The predicted octanol–water partition coefficient (Wildman–Crippen LogP) is 5.60. The van der Waals surface area contributed by atoms with E-state index in [1.807, 2.05) is 10.9 Å². The molecule has 5 heteroatoms. The first-order chi connectivity index (χ1) is 12.4. The van der Waals surface area contributed by atoms with E-state index in [2.05, 4.69) is 82.2 Å². The van der Waals surface area contributed by atoms with Crippen LogP contribution in [0, 0.1) is 0 Å². The van der Waals surface area contributed by atoms with Crippen molar-refractivity contribution in [3.8, 4) is 0 Å². The van der Waals surface area contributed by atoms with Crippen molar-refractivity contribution >= 4 is 8.32 Å². The summed E-state index contributed by atoms with van der Waals surface area (Å²) >= 11 is 0. The normalized spacial score (nSPS) is 12.5. The van der Waals surface area contributed by atoms with Gasteiger partial charge in [0.15, 0.2) is 0 Å². The first kappa shape index (κ1) is 20.8. The van der Waals surface area contributed by atoms with Crippen molar-refractivity contribution in [3.63, 3.8) is 0 Å². The number of nitrogens with zero attached hydrogens (tertiary/aromatic N) is 3. The molecule has 0 aliphatic heterocycles. The van der Waals surface area contributed by atoms with Crippen molar-refractivity contribution in [1.29, 1.82) is 0 Å². The summed E-state index contributed by atoms with van der Waals surface area (Å²) < 4.78 is 8.56. The van der Waals surface area contributed by atoms with Gasteiger partial charge < -0.3 is 4.43 Å². The van der Waals surface area contributed by atoms with E-state index in [0.29, 0.717) is 23.2 Å². The third kappa shape index (κ3) is 5.04. The second-order valence-corrected chi connectivity index (χ2v) is 13.6. The highest BCUT2D eigenvalue weighted by Gasteiger charge is 2.45. The fraction of sp³-hybridized carbons (Fsp3) is 0.619. The van der Waals surface area contributed by atoms with Crippen LogP contribution in [0.1, 0.15) is 59.2 Å². The monoisotopic (exact) mass is 373 g/mol. The van der Waals surface area contributed by atoms with Crippen LogP contribution in [-0.4, -0.2) is 23.3 Å². The van der Waals surface area contributed by atoms with Crippen LogP contribution in [0.15, 0.2) is 36.5 Å². The number of aromatic nitrogens is 3.